The van der Waals surface area contributed by atoms with Gasteiger partial charge >= 0.3 is 5.97 Å². The predicted octanol–water partition coefficient (Wildman–Crippen LogP) is 5.27. The van der Waals surface area contributed by atoms with Crippen LogP contribution in [0.4, 0.5) is 0 Å². The van der Waals surface area contributed by atoms with E-state index in [1.54, 1.807) is 0 Å². The van der Waals surface area contributed by atoms with Crippen LogP contribution in [0.1, 0.15) is 79.1 Å². The molecule has 0 aromatic rings. The van der Waals surface area contributed by atoms with Crippen molar-refractivity contribution in [2.75, 3.05) is 6.61 Å². The quantitative estimate of drug-likeness (QED) is 0.306. The molecule has 0 unspecified atom stereocenters. The molecule has 0 spiro atoms. The maximum atomic E-state index is 11.5. The molecule has 0 heterocycles. The summed E-state index contributed by atoms with van der Waals surface area (Å²) in [5.74, 6) is -0.0409. The van der Waals surface area contributed by atoms with Gasteiger partial charge in [0, 0.05) is 6.42 Å². The summed E-state index contributed by atoms with van der Waals surface area (Å²) in [5.41, 5.74) is 0.0711. The van der Waals surface area contributed by atoms with E-state index in [1.807, 2.05) is 0 Å². The van der Waals surface area contributed by atoms with Crippen molar-refractivity contribution in [3.63, 3.8) is 0 Å². The minimum Gasteiger partial charge on any atom is -0.465 e. The molecular weight excluding hydrogens is 236 g/mol. The molecule has 0 saturated heterocycles. The van der Waals surface area contributed by atoms with Crippen molar-refractivity contribution in [3.05, 3.63) is 12.2 Å². The lowest BCUT2D eigenvalue weighted by atomic mass is 9.99. The van der Waals surface area contributed by atoms with Crippen LogP contribution in [0.3, 0.4) is 0 Å². The third kappa shape index (κ3) is 15.2. The smallest absolute Gasteiger partial charge is 0.305 e. The number of esters is 1. The molecule has 0 rings (SSSR count). The van der Waals surface area contributed by atoms with E-state index in [0.717, 1.165) is 19.3 Å². The van der Waals surface area contributed by atoms with E-state index in [2.05, 4.69) is 39.8 Å². The highest BCUT2D eigenvalue weighted by atomic mass is 16.5. The zero-order valence-electron chi connectivity index (χ0n) is 13.3. The number of ether oxygens (including phenoxy) is 1. The van der Waals surface area contributed by atoms with Crippen molar-refractivity contribution < 1.29 is 9.53 Å². The Labute approximate surface area is 119 Å². The average molecular weight is 268 g/mol. The number of rotatable bonds is 10. The highest BCUT2D eigenvalue weighted by molar-refractivity contribution is 5.69. The Kier molecular flexibility index (Phi) is 10.6. The van der Waals surface area contributed by atoms with E-state index >= 15 is 0 Å². The first-order valence-electron chi connectivity index (χ1n) is 7.76. The van der Waals surface area contributed by atoms with Crippen molar-refractivity contribution in [1.29, 1.82) is 0 Å². The largest absolute Gasteiger partial charge is 0.465 e. The first kappa shape index (κ1) is 18.2. The summed E-state index contributed by atoms with van der Waals surface area (Å²) < 4.78 is 5.23. The summed E-state index contributed by atoms with van der Waals surface area (Å²) in [6.45, 7) is 8.92. The van der Waals surface area contributed by atoms with Gasteiger partial charge < -0.3 is 4.74 Å². The summed E-state index contributed by atoms with van der Waals surface area (Å²) in [4.78, 5) is 11.5. The summed E-state index contributed by atoms with van der Waals surface area (Å²) >= 11 is 0. The molecule has 0 atom stereocenters. The lowest BCUT2D eigenvalue weighted by molar-refractivity contribution is -0.146. The van der Waals surface area contributed by atoms with Crippen molar-refractivity contribution in [2.45, 2.75) is 79.1 Å². The number of hydrogen-bond donors (Lipinski definition) is 0. The number of hydrogen-bond acceptors (Lipinski definition) is 2. The molecule has 0 radical (unpaired) electrons. The summed E-state index contributed by atoms with van der Waals surface area (Å²) in [6.07, 6.45) is 13.3. The Bertz CT molecular complexity index is 248. The molecule has 0 saturated carbocycles. The molecule has 0 aromatic heterocycles. The van der Waals surface area contributed by atoms with Crippen LogP contribution in [-0.2, 0) is 9.53 Å². The second-order valence-corrected chi connectivity index (χ2v) is 6.41. The summed E-state index contributed by atoms with van der Waals surface area (Å²) in [6, 6.07) is 0. The van der Waals surface area contributed by atoms with E-state index in [4.69, 9.17) is 4.74 Å². The van der Waals surface area contributed by atoms with Crippen LogP contribution in [0.5, 0.6) is 0 Å². The fourth-order valence-corrected chi connectivity index (χ4v) is 1.72. The van der Waals surface area contributed by atoms with Crippen molar-refractivity contribution in [2.24, 2.45) is 5.41 Å². The second-order valence-electron chi connectivity index (χ2n) is 6.41. The highest BCUT2D eigenvalue weighted by Gasteiger charge is 2.13. The lowest BCUT2D eigenvalue weighted by Gasteiger charge is -2.17. The Morgan fingerprint density at radius 1 is 1.00 bits per heavy atom. The van der Waals surface area contributed by atoms with E-state index in [1.165, 1.54) is 25.7 Å². The maximum absolute atomic E-state index is 11.5. The molecule has 0 amide bonds. The monoisotopic (exact) mass is 268 g/mol. The summed E-state index contributed by atoms with van der Waals surface area (Å²) in [7, 11) is 0. The Hall–Kier alpha value is -0.790. The molecule has 2 nitrogen and oxygen atoms in total. The SMILES string of the molecule is CCC=CCCCCCCCC(=O)OCC(C)(C)C. The van der Waals surface area contributed by atoms with Crippen LogP contribution in [0, 0.1) is 5.41 Å². The number of allylic oxidation sites excluding steroid dienone is 2. The average Bonchev–Trinajstić information content (AvgIpc) is 2.33. The molecule has 0 aliphatic heterocycles. The topological polar surface area (TPSA) is 26.3 Å². The number of carbonyl (C=O) groups is 1. The van der Waals surface area contributed by atoms with Crippen LogP contribution in [0.25, 0.3) is 0 Å². The normalized spacial score (nSPS) is 12.0. The zero-order chi connectivity index (χ0) is 14.6. The Morgan fingerprint density at radius 2 is 1.63 bits per heavy atom. The van der Waals surface area contributed by atoms with Gasteiger partial charge in [0.25, 0.3) is 0 Å². The van der Waals surface area contributed by atoms with Gasteiger partial charge in [0.2, 0.25) is 0 Å². The number of unbranched alkanes of at least 4 members (excludes halogenated alkanes) is 5. The minimum absolute atomic E-state index is 0.0409. The molecule has 2 heteroatoms. The van der Waals surface area contributed by atoms with Crippen LogP contribution in [0.15, 0.2) is 12.2 Å². The van der Waals surface area contributed by atoms with Gasteiger partial charge in [-0.2, -0.15) is 0 Å². The summed E-state index contributed by atoms with van der Waals surface area (Å²) in [5, 5.41) is 0. The van der Waals surface area contributed by atoms with Crippen LogP contribution in [-0.4, -0.2) is 12.6 Å². The van der Waals surface area contributed by atoms with Gasteiger partial charge in [-0.1, -0.05) is 59.1 Å². The van der Waals surface area contributed by atoms with E-state index in [0.29, 0.717) is 13.0 Å². The van der Waals surface area contributed by atoms with Crippen molar-refractivity contribution in [3.8, 4) is 0 Å². The van der Waals surface area contributed by atoms with Gasteiger partial charge in [-0.25, -0.2) is 0 Å². The van der Waals surface area contributed by atoms with Crippen molar-refractivity contribution >= 4 is 5.97 Å². The molecule has 0 N–H and O–H groups in total. The molecule has 0 aliphatic carbocycles. The minimum atomic E-state index is -0.0409. The zero-order valence-corrected chi connectivity index (χ0v) is 13.3. The lowest BCUT2D eigenvalue weighted by Crippen LogP contribution is -2.18. The molecule has 0 aliphatic rings. The van der Waals surface area contributed by atoms with Gasteiger partial charge in [0.1, 0.15) is 0 Å². The second kappa shape index (κ2) is 11.1. The van der Waals surface area contributed by atoms with E-state index in [9.17, 15) is 4.79 Å². The maximum Gasteiger partial charge on any atom is 0.305 e. The van der Waals surface area contributed by atoms with Crippen LogP contribution in [0.2, 0.25) is 0 Å². The third-order valence-corrected chi connectivity index (χ3v) is 2.82. The van der Waals surface area contributed by atoms with E-state index < -0.39 is 0 Å². The Balaban J connectivity index is 3.30. The fraction of sp³-hybridized carbons (Fsp3) is 0.824. The van der Waals surface area contributed by atoms with Crippen molar-refractivity contribution in [1.82, 2.24) is 0 Å². The molecule has 112 valence electrons. The van der Waals surface area contributed by atoms with Gasteiger partial charge in [0.05, 0.1) is 6.61 Å². The standard InChI is InChI=1S/C17H32O2/c1-5-6-7-8-9-10-11-12-13-14-16(18)19-15-17(2,3)4/h6-7H,5,8-15H2,1-4H3. The van der Waals surface area contributed by atoms with Gasteiger partial charge in [-0.15, -0.1) is 0 Å². The molecule has 19 heavy (non-hydrogen) atoms. The van der Waals surface area contributed by atoms with E-state index in [-0.39, 0.29) is 11.4 Å². The molecule has 0 bridgehead atoms. The predicted molar refractivity (Wildman–Crippen MR) is 82.2 cm³/mol. The highest BCUT2D eigenvalue weighted by Crippen LogP contribution is 2.14. The first-order valence-corrected chi connectivity index (χ1v) is 7.76. The third-order valence-electron chi connectivity index (χ3n) is 2.82. The Morgan fingerprint density at radius 3 is 2.26 bits per heavy atom. The van der Waals surface area contributed by atoms with Crippen LogP contribution < -0.4 is 0 Å². The van der Waals surface area contributed by atoms with Gasteiger partial charge in [-0.3, -0.25) is 4.79 Å². The fourth-order valence-electron chi connectivity index (χ4n) is 1.72. The molecule has 0 fully saturated rings. The van der Waals surface area contributed by atoms with Crippen LogP contribution >= 0.6 is 0 Å². The first-order chi connectivity index (χ1) is 8.95. The molecular formula is C17H32O2. The van der Waals surface area contributed by atoms with Gasteiger partial charge in [0.15, 0.2) is 0 Å². The molecule has 0 aromatic carbocycles. The number of carbonyl (C=O) groups excluding carboxylic acids is 1. The van der Waals surface area contributed by atoms with Gasteiger partial charge in [-0.05, 0) is 31.1 Å².